The average molecular weight is 819 g/mol. The number of carbonyl (C=O) groups is 6. The van der Waals surface area contributed by atoms with Gasteiger partial charge in [0.15, 0.2) is 12.2 Å². The van der Waals surface area contributed by atoms with Crippen LogP contribution in [0.25, 0.3) is 0 Å². The van der Waals surface area contributed by atoms with Crippen molar-refractivity contribution in [3.63, 3.8) is 0 Å². The van der Waals surface area contributed by atoms with Crippen LogP contribution in [-0.2, 0) is 52.5 Å². The smallest absolute Gasteiger partial charge is 0.335 e. The number of carboxylic acids is 3. The molecule has 0 saturated heterocycles. The first-order valence-electron chi connectivity index (χ1n) is 20.6. The molecule has 0 unspecified atom stereocenters. The van der Waals surface area contributed by atoms with Gasteiger partial charge >= 0.3 is 35.8 Å². The van der Waals surface area contributed by atoms with Crippen molar-refractivity contribution in [2.45, 2.75) is 124 Å². The third-order valence-electron chi connectivity index (χ3n) is 14.9. The number of ether oxygens (including phenoxy) is 5. The Hall–Kier alpha value is -3.78. The summed E-state index contributed by atoms with van der Waals surface area (Å²) in [7, 11) is 2.24. The van der Waals surface area contributed by atoms with Crippen molar-refractivity contribution in [2.75, 3.05) is 34.0 Å². The van der Waals surface area contributed by atoms with E-state index in [0.29, 0.717) is 25.2 Å². The summed E-state index contributed by atoms with van der Waals surface area (Å²) in [6, 6.07) is 0. The second-order valence-corrected chi connectivity index (χ2v) is 18.9. The lowest BCUT2D eigenvalue weighted by Gasteiger charge is -2.58. The third-order valence-corrected chi connectivity index (χ3v) is 14.9. The molecule has 14 heteroatoms. The summed E-state index contributed by atoms with van der Waals surface area (Å²) in [5, 5.41) is 29.1. The van der Waals surface area contributed by atoms with Gasteiger partial charge in [0.2, 0.25) is 0 Å². The molecule has 0 aromatic carbocycles. The summed E-state index contributed by atoms with van der Waals surface area (Å²) in [4.78, 5) is 75.9. The molecule has 3 N–H and O–H groups in total. The third kappa shape index (κ3) is 9.80. The van der Waals surface area contributed by atoms with E-state index in [9.17, 15) is 44.1 Å². The van der Waals surface area contributed by atoms with Crippen LogP contribution in [-0.4, -0.2) is 97.4 Å². The minimum Gasteiger partial charge on any atom is -0.481 e. The fraction of sp³-hybridized carbons (Fsp3) is 0.773. The van der Waals surface area contributed by atoms with Gasteiger partial charge in [-0.2, -0.15) is 0 Å². The topological polar surface area (TPSA) is 209 Å². The SMILES string of the molecule is C=C1CC[C@H]2C(C)(C)CCC[C@]2(C)[C@@H]1CO[C@@H](C(=O)OC)[C@H](CC(=O)O)C(=O)OC[C@]1(C)CCC[C@]2(C)[C@@H](CO[C@H](C(=O)OC)[C@@H](CC(=O)O)C(=O)O)C(=C)CC[C@@H]12. The van der Waals surface area contributed by atoms with E-state index >= 15 is 0 Å². The summed E-state index contributed by atoms with van der Waals surface area (Å²) in [6.45, 7) is 19.5. The lowest BCUT2D eigenvalue weighted by molar-refractivity contribution is -0.181. The predicted molar refractivity (Wildman–Crippen MR) is 210 cm³/mol. The predicted octanol–water partition coefficient (Wildman–Crippen LogP) is 6.49. The van der Waals surface area contributed by atoms with Crippen LogP contribution in [0.1, 0.15) is 112 Å². The second-order valence-electron chi connectivity index (χ2n) is 18.9. The molecular formula is C44H66O14. The molecule has 0 radical (unpaired) electrons. The Bertz CT molecular complexity index is 1600. The van der Waals surface area contributed by atoms with E-state index < -0.39 is 83.5 Å². The van der Waals surface area contributed by atoms with E-state index in [4.69, 9.17) is 23.7 Å². The maximum Gasteiger partial charge on any atom is 0.335 e. The van der Waals surface area contributed by atoms with Crippen LogP contribution in [0.15, 0.2) is 24.3 Å². The van der Waals surface area contributed by atoms with E-state index in [1.54, 1.807) is 0 Å². The zero-order valence-corrected chi connectivity index (χ0v) is 35.5. The van der Waals surface area contributed by atoms with E-state index in [1.165, 1.54) is 7.11 Å². The monoisotopic (exact) mass is 818 g/mol. The lowest BCUT2D eigenvalue weighted by Crippen LogP contribution is -2.54. The molecule has 326 valence electrons. The van der Waals surface area contributed by atoms with Gasteiger partial charge in [0.1, 0.15) is 11.8 Å². The van der Waals surface area contributed by atoms with Gasteiger partial charge in [-0.1, -0.05) is 71.8 Å². The molecule has 0 aliphatic heterocycles. The standard InChI is InChI=1S/C44H66O14/c1-25-12-14-31-41(3,4)16-10-18-43(31,6)29(25)22-57-36(40(53)55-9)28(21-34(47)48)38(51)58-24-42(5)17-11-19-44(7)30(26(2)13-15-32(42)44)23-56-35(39(52)54-8)27(37(49)50)20-33(45)46/h27-32,35-36H,1-2,10-24H2,3-9H3,(H,45,46)(H,47,48)(H,49,50)/t27-,28+,29-,30+,31+,32+,35+,36-,42+,43-,44-/m1/s1. The zero-order chi connectivity index (χ0) is 43.4. The number of esters is 3. The molecule has 0 aromatic rings. The molecule has 11 atom stereocenters. The molecule has 0 aromatic heterocycles. The van der Waals surface area contributed by atoms with Gasteiger partial charge < -0.3 is 39.0 Å². The molecule has 4 rings (SSSR count). The van der Waals surface area contributed by atoms with Crippen molar-refractivity contribution in [3.8, 4) is 0 Å². The maximum absolute atomic E-state index is 14.1. The van der Waals surface area contributed by atoms with Crippen molar-refractivity contribution in [3.05, 3.63) is 24.3 Å². The van der Waals surface area contributed by atoms with Gasteiger partial charge in [0.05, 0.1) is 46.9 Å². The minimum absolute atomic E-state index is 0.0745. The first-order valence-corrected chi connectivity index (χ1v) is 20.6. The van der Waals surface area contributed by atoms with Crippen molar-refractivity contribution in [1.29, 1.82) is 0 Å². The molecule has 14 nitrogen and oxygen atoms in total. The number of methoxy groups -OCH3 is 2. The Morgan fingerprint density at radius 1 is 0.655 bits per heavy atom. The number of rotatable bonds is 18. The zero-order valence-electron chi connectivity index (χ0n) is 35.5. The van der Waals surface area contributed by atoms with Crippen LogP contribution < -0.4 is 0 Å². The molecule has 4 aliphatic carbocycles. The lowest BCUT2D eigenvalue weighted by atomic mass is 9.47. The Morgan fingerprint density at radius 2 is 1.10 bits per heavy atom. The van der Waals surface area contributed by atoms with Gasteiger partial charge in [0, 0.05) is 17.3 Å². The molecule has 0 amide bonds. The van der Waals surface area contributed by atoms with Gasteiger partial charge in [-0.3, -0.25) is 19.2 Å². The van der Waals surface area contributed by atoms with Crippen molar-refractivity contribution >= 4 is 35.8 Å². The number of carboxylic acid groups (broad SMARTS) is 3. The molecule has 0 spiro atoms. The van der Waals surface area contributed by atoms with Crippen LogP contribution in [0.2, 0.25) is 0 Å². The highest BCUT2D eigenvalue weighted by molar-refractivity contribution is 5.87. The highest BCUT2D eigenvalue weighted by Gasteiger charge is 2.57. The molecule has 58 heavy (non-hydrogen) atoms. The van der Waals surface area contributed by atoms with E-state index in [-0.39, 0.29) is 48.4 Å². The van der Waals surface area contributed by atoms with Crippen LogP contribution in [0, 0.1) is 57.2 Å². The second kappa shape index (κ2) is 18.6. The molecular weight excluding hydrogens is 752 g/mol. The Labute approximate surface area is 342 Å². The Balaban J connectivity index is 1.54. The van der Waals surface area contributed by atoms with Gasteiger partial charge in [-0.05, 0) is 79.4 Å². The normalized spacial score (nSPS) is 32.6. The van der Waals surface area contributed by atoms with Crippen LogP contribution in [0.5, 0.6) is 0 Å². The molecule has 4 fully saturated rings. The maximum atomic E-state index is 14.1. The number of carbonyl (C=O) groups excluding carboxylic acids is 3. The van der Waals surface area contributed by atoms with Crippen LogP contribution in [0.4, 0.5) is 0 Å². The van der Waals surface area contributed by atoms with E-state index in [0.717, 1.165) is 63.2 Å². The highest BCUT2D eigenvalue weighted by atomic mass is 16.6. The number of hydrogen-bond donors (Lipinski definition) is 3. The number of aliphatic carboxylic acids is 3. The van der Waals surface area contributed by atoms with Crippen LogP contribution in [0.3, 0.4) is 0 Å². The summed E-state index contributed by atoms with van der Waals surface area (Å²) < 4.78 is 28.2. The van der Waals surface area contributed by atoms with Gasteiger partial charge in [-0.25, -0.2) is 9.59 Å². The minimum atomic E-state index is -1.68. The largest absolute Gasteiger partial charge is 0.481 e. The van der Waals surface area contributed by atoms with Gasteiger partial charge in [0.25, 0.3) is 0 Å². The average Bonchev–Trinajstić information content (AvgIpc) is 3.13. The highest BCUT2D eigenvalue weighted by Crippen LogP contribution is 2.62. The number of fused-ring (bicyclic) bond motifs is 2. The summed E-state index contributed by atoms with van der Waals surface area (Å²) in [5.41, 5.74) is 0.710. The summed E-state index contributed by atoms with van der Waals surface area (Å²) in [6.07, 6.45) is 3.58. The van der Waals surface area contributed by atoms with Crippen molar-refractivity contribution in [1.82, 2.24) is 0 Å². The first-order chi connectivity index (χ1) is 27.1. The molecule has 0 heterocycles. The summed E-state index contributed by atoms with van der Waals surface area (Å²) >= 11 is 0. The van der Waals surface area contributed by atoms with Gasteiger partial charge in [-0.15, -0.1) is 0 Å². The van der Waals surface area contributed by atoms with E-state index in [1.807, 2.05) is 6.92 Å². The first kappa shape index (κ1) is 46.9. The summed E-state index contributed by atoms with van der Waals surface area (Å²) in [5.74, 6) is -10.3. The van der Waals surface area contributed by atoms with Crippen molar-refractivity contribution in [2.24, 2.45) is 57.2 Å². The molecule has 4 aliphatic rings. The van der Waals surface area contributed by atoms with Crippen LogP contribution >= 0.6 is 0 Å². The van der Waals surface area contributed by atoms with E-state index in [2.05, 4.69) is 40.9 Å². The fourth-order valence-electron chi connectivity index (χ4n) is 11.8. The molecule has 0 bridgehead atoms. The van der Waals surface area contributed by atoms with Crippen molar-refractivity contribution < 1.29 is 67.8 Å². The Kier molecular flexibility index (Phi) is 15.1. The molecule has 4 saturated carbocycles. The number of hydrogen-bond acceptors (Lipinski definition) is 11. The quantitative estimate of drug-likeness (QED) is 0.0768. The fourth-order valence-corrected chi connectivity index (χ4v) is 11.8. The Morgan fingerprint density at radius 3 is 1.59 bits per heavy atom.